The molecule has 3 rings (SSSR count). The Morgan fingerprint density at radius 2 is 1.77 bits per heavy atom. The lowest BCUT2D eigenvalue weighted by atomic mass is 9.89. The predicted molar refractivity (Wildman–Crippen MR) is 97.9 cm³/mol. The number of benzene rings is 2. The van der Waals surface area contributed by atoms with Gasteiger partial charge in [-0.05, 0) is 24.5 Å². The van der Waals surface area contributed by atoms with E-state index >= 15 is 0 Å². The highest BCUT2D eigenvalue weighted by atomic mass is 35.5. The van der Waals surface area contributed by atoms with E-state index in [0.29, 0.717) is 0 Å². The first-order chi connectivity index (χ1) is 9.66. The molecule has 0 aliphatic carbocycles. The van der Waals surface area contributed by atoms with E-state index in [1.807, 2.05) is 0 Å². The van der Waals surface area contributed by atoms with Crippen LogP contribution in [0, 0.1) is 6.92 Å². The zero-order valence-corrected chi connectivity index (χ0v) is 14.5. The third-order valence-electron chi connectivity index (χ3n) is 4.22. The molecular formula is C18H24Cl2N2. The van der Waals surface area contributed by atoms with Crippen molar-refractivity contribution in [3.8, 4) is 0 Å². The van der Waals surface area contributed by atoms with Crippen LogP contribution < -0.4 is 5.73 Å². The first kappa shape index (κ1) is 19.0. The number of nitrogens with two attached hydrogens (primary N) is 1. The SMILES string of the molecule is Cc1cccc(C2(N)CCN(Cc3ccccc3)C2)c1.Cl.Cl. The number of aryl methyl sites for hydroxylation is 1. The van der Waals surface area contributed by atoms with Gasteiger partial charge in [-0.25, -0.2) is 0 Å². The summed E-state index contributed by atoms with van der Waals surface area (Å²) in [4.78, 5) is 2.46. The molecule has 1 heterocycles. The molecule has 0 saturated carbocycles. The Kier molecular flexibility index (Phi) is 6.89. The molecule has 0 radical (unpaired) electrons. The van der Waals surface area contributed by atoms with Gasteiger partial charge >= 0.3 is 0 Å². The number of rotatable bonds is 3. The predicted octanol–water partition coefficient (Wildman–Crippen LogP) is 3.90. The van der Waals surface area contributed by atoms with Crippen molar-refractivity contribution in [3.63, 3.8) is 0 Å². The second-order valence-corrected chi connectivity index (χ2v) is 5.97. The van der Waals surface area contributed by atoms with Crippen molar-refractivity contribution < 1.29 is 0 Å². The van der Waals surface area contributed by atoms with Crippen LogP contribution in [0.4, 0.5) is 0 Å². The van der Waals surface area contributed by atoms with Crippen molar-refractivity contribution in [2.24, 2.45) is 5.73 Å². The summed E-state index contributed by atoms with van der Waals surface area (Å²) < 4.78 is 0. The third-order valence-corrected chi connectivity index (χ3v) is 4.22. The summed E-state index contributed by atoms with van der Waals surface area (Å²) in [6, 6.07) is 19.3. The highest BCUT2D eigenvalue weighted by Crippen LogP contribution is 2.30. The van der Waals surface area contributed by atoms with Crippen LogP contribution in [0.15, 0.2) is 54.6 Å². The molecule has 1 saturated heterocycles. The fourth-order valence-electron chi connectivity index (χ4n) is 3.08. The normalized spacial score (nSPS) is 21.0. The molecular weight excluding hydrogens is 315 g/mol. The minimum Gasteiger partial charge on any atom is -0.320 e. The maximum atomic E-state index is 6.65. The third kappa shape index (κ3) is 4.23. The smallest absolute Gasteiger partial charge is 0.0551 e. The Morgan fingerprint density at radius 3 is 2.45 bits per heavy atom. The van der Waals surface area contributed by atoms with Crippen LogP contribution >= 0.6 is 24.8 Å². The Balaban J connectivity index is 0.00000121. The summed E-state index contributed by atoms with van der Waals surface area (Å²) in [6.45, 7) is 5.12. The summed E-state index contributed by atoms with van der Waals surface area (Å²) >= 11 is 0. The molecule has 1 unspecified atom stereocenters. The van der Waals surface area contributed by atoms with E-state index in [1.165, 1.54) is 16.7 Å². The van der Waals surface area contributed by atoms with E-state index in [2.05, 4.69) is 66.4 Å². The van der Waals surface area contributed by atoms with Crippen LogP contribution in [0.1, 0.15) is 23.1 Å². The number of halogens is 2. The minimum atomic E-state index is -0.194. The zero-order chi connectivity index (χ0) is 14.0. The second-order valence-electron chi connectivity index (χ2n) is 5.97. The molecule has 0 aromatic heterocycles. The van der Waals surface area contributed by atoms with Gasteiger partial charge in [-0.2, -0.15) is 0 Å². The van der Waals surface area contributed by atoms with Crippen LogP contribution in [0.2, 0.25) is 0 Å². The summed E-state index contributed by atoms with van der Waals surface area (Å²) in [7, 11) is 0. The largest absolute Gasteiger partial charge is 0.320 e. The first-order valence-corrected chi connectivity index (χ1v) is 7.28. The summed E-state index contributed by atoms with van der Waals surface area (Å²) in [5.74, 6) is 0. The van der Waals surface area contributed by atoms with Gasteiger partial charge in [-0.15, -0.1) is 24.8 Å². The van der Waals surface area contributed by atoms with Gasteiger partial charge in [0.1, 0.15) is 0 Å². The molecule has 4 heteroatoms. The number of likely N-dealkylation sites (tertiary alicyclic amines) is 1. The molecule has 1 fully saturated rings. The summed E-state index contributed by atoms with van der Waals surface area (Å²) in [6.07, 6.45) is 1.03. The van der Waals surface area contributed by atoms with Crippen LogP contribution in [-0.2, 0) is 12.1 Å². The monoisotopic (exact) mass is 338 g/mol. The lowest BCUT2D eigenvalue weighted by Gasteiger charge is -2.25. The maximum absolute atomic E-state index is 6.65. The topological polar surface area (TPSA) is 29.3 Å². The highest BCUT2D eigenvalue weighted by Gasteiger charge is 2.35. The molecule has 2 nitrogen and oxygen atoms in total. The van der Waals surface area contributed by atoms with E-state index < -0.39 is 0 Å². The van der Waals surface area contributed by atoms with Gasteiger partial charge in [0.15, 0.2) is 0 Å². The zero-order valence-electron chi connectivity index (χ0n) is 12.9. The van der Waals surface area contributed by atoms with Crippen LogP contribution in [-0.4, -0.2) is 18.0 Å². The molecule has 1 aliphatic rings. The van der Waals surface area contributed by atoms with Crippen LogP contribution in [0.5, 0.6) is 0 Å². The number of nitrogens with zero attached hydrogens (tertiary/aromatic N) is 1. The van der Waals surface area contributed by atoms with Crippen LogP contribution in [0.3, 0.4) is 0 Å². The Labute approximate surface area is 145 Å². The van der Waals surface area contributed by atoms with Crippen molar-refractivity contribution >= 4 is 24.8 Å². The molecule has 1 atom stereocenters. The van der Waals surface area contributed by atoms with Crippen molar-refractivity contribution in [1.29, 1.82) is 0 Å². The van der Waals surface area contributed by atoms with Crippen molar-refractivity contribution in [1.82, 2.24) is 4.90 Å². The van der Waals surface area contributed by atoms with Gasteiger partial charge in [0.2, 0.25) is 0 Å². The summed E-state index contributed by atoms with van der Waals surface area (Å²) in [5, 5.41) is 0. The van der Waals surface area contributed by atoms with Gasteiger partial charge < -0.3 is 5.73 Å². The van der Waals surface area contributed by atoms with Gasteiger partial charge in [-0.1, -0.05) is 60.2 Å². The van der Waals surface area contributed by atoms with Gasteiger partial charge in [0.05, 0.1) is 5.54 Å². The molecule has 0 amide bonds. The van der Waals surface area contributed by atoms with E-state index in [0.717, 1.165) is 26.1 Å². The van der Waals surface area contributed by atoms with Crippen LogP contribution in [0.25, 0.3) is 0 Å². The molecule has 0 spiro atoms. The minimum absolute atomic E-state index is 0. The molecule has 2 aromatic rings. The van der Waals surface area contributed by atoms with Gasteiger partial charge in [0.25, 0.3) is 0 Å². The molecule has 22 heavy (non-hydrogen) atoms. The lowest BCUT2D eigenvalue weighted by Crippen LogP contribution is -2.39. The van der Waals surface area contributed by atoms with Gasteiger partial charge in [0, 0.05) is 19.6 Å². The Hall–Kier alpha value is -1.06. The van der Waals surface area contributed by atoms with E-state index in [-0.39, 0.29) is 30.4 Å². The van der Waals surface area contributed by atoms with Crippen molar-refractivity contribution in [2.45, 2.75) is 25.4 Å². The summed E-state index contributed by atoms with van der Waals surface area (Å²) in [5.41, 5.74) is 10.4. The fraction of sp³-hybridized carbons (Fsp3) is 0.333. The quantitative estimate of drug-likeness (QED) is 0.919. The number of hydrogen-bond acceptors (Lipinski definition) is 2. The van der Waals surface area contributed by atoms with E-state index in [9.17, 15) is 0 Å². The second kappa shape index (κ2) is 7.98. The molecule has 120 valence electrons. The van der Waals surface area contributed by atoms with E-state index in [1.54, 1.807) is 0 Å². The van der Waals surface area contributed by atoms with Crippen molar-refractivity contribution in [2.75, 3.05) is 13.1 Å². The lowest BCUT2D eigenvalue weighted by molar-refractivity contribution is 0.305. The van der Waals surface area contributed by atoms with E-state index in [4.69, 9.17) is 5.73 Å². The average molecular weight is 339 g/mol. The standard InChI is InChI=1S/C18H22N2.2ClH/c1-15-6-5-9-17(12-15)18(19)10-11-20(14-18)13-16-7-3-2-4-8-16;;/h2-9,12H,10-11,13-14,19H2,1H3;2*1H. The maximum Gasteiger partial charge on any atom is 0.0551 e. The molecule has 2 aromatic carbocycles. The van der Waals surface area contributed by atoms with Crippen molar-refractivity contribution in [3.05, 3.63) is 71.3 Å². The average Bonchev–Trinajstić information content (AvgIpc) is 2.83. The van der Waals surface area contributed by atoms with Gasteiger partial charge in [-0.3, -0.25) is 4.90 Å². The fourth-order valence-corrected chi connectivity index (χ4v) is 3.08. The molecule has 0 bridgehead atoms. The number of hydrogen-bond donors (Lipinski definition) is 1. The Bertz CT molecular complexity index is 589. The molecule has 2 N–H and O–H groups in total. The highest BCUT2D eigenvalue weighted by molar-refractivity contribution is 5.85. The Morgan fingerprint density at radius 1 is 1.05 bits per heavy atom. The molecule has 1 aliphatic heterocycles. The first-order valence-electron chi connectivity index (χ1n) is 7.28.